The van der Waals surface area contributed by atoms with Crippen molar-refractivity contribution in [3.8, 4) is 0 Å². The summed E-state index contributed by atoms with van der Waals surface area (Å²) in [6.45, 7) is 5.95. The molecule has 1 saturated heterocycles. The Kier molecular flexibility index (Phi) is 6.58. The molecule has 2 aromatic carbocycles. The highest BCUT2D eigenvalue weighted by Crippen LogP contribution is 2.13. The van der Waals surface area contributed by atoms with Crippen LogP contribution in [0.15, 0.2) is 53.3 Å². The summed E-state index contributed by atoms with van der Waals surface area (Å²) in [6.07, 6.45) is 0. The van der Waals surface area contributed by atoms with Crippen molar-refractivity contribution in [2.24, 2.45) is 0 Å². The maximum atomic E-state index is 12.8. The molecule has 0 unspecified atom stereocenters. The third-order valence-corrected chi connectivity index (χ3v) is 5.37. The fraction of sp³-hybridized carbons (Fsp3) is 0.304. The highest BCUT2D eigenvalue weighted by Gasteiger charge is 2.17. The van der Waals surface area contributed by atoms with Gasteiger partial charge in [-0.25, -0.2) is 4.68 Å². The largest absolute Gasteiger partial charge is 0.379 e. The molecule has 0 bridgehead atoms. The first-order valence-corrected chi connectivity index (χ1v) is 10.6. The minimum atomic E-state index is -0.596. The molecule has 9 nitrogen and oxygen atoms in total. The van der Waals surface area contributed by atoms with Crippen molar-refractivity contribution in [1.29, 1.82) is 0 Å². The van der Waals surface area contributed by atoms with E-state index >= 15 is 0 Å². The second kappa shape index (κ2) is 9.71. The molecule has 1 fully saturated rings. The molecule has 1 aromatic heterocycles. The number of nitrogens with one attached hydrogen (secondary N) is 2. The number of hydrogen-bond donors (Lipinski definition) is 2. The SMILES string of the molecule is CCn1nc(C(=O)NNC(=O)c2cccc(CN3CCOCC3)c2)c2ccccc2c1=O. The van der Waals surface area contributed by atoms with Crippen LogP contribution in [0.2, 0.25) is 0 Å². The van der Waals surface area contributed by atoms with E-state index in [4.69, 9.17) is 4.74 Å². The summed E-state index contributed by atoms with van der Waals surface area (Å²) in [5, 5.41) is 5.01. The van der Waals surface area contributed by atoms with Crippen LogP contribution in [0.3, 0.4) is 0 Å². The van der Waals surface area contributed by atoms with Crippen LogP contribution in [0.1, 0.15) is 33.3 Å². The monoisotopic (exact) mass is 435 g/mol. The minimum absolute atomic E-state index is 0.0726. The van der Waals surface area contributed by atoms with Crippen LogP contribution in [0.5, 0.6) is 0 Å². The number of ether oxygens (including phenoxy) is 1. The lowest BCUT2D eigenvalue weighted by Gasteiger charge is -2.26. The van der Waals surface area contributed by atoms with Gasteiger partial charge in [0, 0.05) is 37.1 Å². The highest BCUT2D eigenvalue weighted by molar-refractivity contribution is 6.06. The van der Waals surface area contributed by atoms with Crippen LogP contribution in [0.25, 0.3) is 10.8 Å². The quantitative estimate of drug-likeness (QED) is 0.586. The van der Waals surface area contributed by atoms with E-state index in [0.717, 1.165) is 25.2 Å². The predicted molar refractivity (Wildman–Crippen MR) is 119 cm³/mol. The lowest BCUT2D eigenvalue weighted by molar-refractivity contribution is 0.0342. The van der Waals surface area contributed by atoms with Crippen molar-refractivity contribution in [3.05, 3.63) is 75.7 Å². The number of fused-ring (bicyclic) bond motifs is 1. The van der Waals surface area contributed by atoms with Gasteiger partial charge in [0.1, 0.15) is 0 Å². The second-order valence-corrected chi connectivity index (χ2v) is 7.51. The summed E-state index contributed by atoms with van der Waals surface area (Å²) in [5.74, 6) is -1.03. The molecule has 2 heterocycles. The fourth-order valence-corrected chi connectivity index (χ4v) is 3.69. The number of carbonyl (C=O) groups excluding carboxylic acids is 2. The first-order valence-electron chi connectivity index (χ1n) is 10.6. The Hall–Kier alpha value is -3.56. The molecule has 2 N–H and O–H groups in total. The molecule has 1 aliphatic rings. The van der Waals surface area contributed by atoms with E-state index in [2.05, 4.69) is 20.9 Å². The standard InChI is InChI=1S/C23H25N5O4/c1-2-28-23(31)19-9-4-3-8-18(19)20(26-28)22(30)25-24-21(29)17-7-5-6-16(14-17)15-27-10-12-32-13-11-27/h3-9,14H,2,10-13,15H2,1H3,(H,24,29)(H,25,30). The van der Waals surface area contributed by atoms with Gasteiger partial charge in [0.2, 0.25) is 0 Å². The van der Waals surface area contributed by atoms with Crippen molar-refractivity contribution in [2.45, 2.75) is 20.0 Å². The van der Waals surface area contributed by atoms with Gasteiger partial charge in [-0.3, -0.25) is 30.1 Å². The highest BCUT2D eigenvalue weighted by atomic mass is 16.5. The molecule has 2 amide bonds. The third-order valence-electron chi connectivity index (χ3n) is 5.37. The summed E-state index contributed by atoms with van der Waals surface area (Å²) < 4.78 is 6.60. The molecule has 3 aromatic rings. The van der Waals surface area contributed by atoms with Gasteiger partial charge in [-0.2, -0.15) is 5.10 Å². The average Bonchev–Trinajstić information content (AvgIpc) is 2.83. The van der Waals surface area contributed by atoms with Crippen LogP contribution in [-0.4, -0.2) is 52.8 Å². The molecule has 0 saturated carbocycles. The fourth-order valence-electron chi connectivity index (χ4n) is 3.69. The molecule has 166 valence electrons. The van der Waals surface area contributed by atoms with Gasteiger partial charge >= 0.3 is 0 Å². The van der Waals surface area contributed by atoms with Gasteiger partial charge in [0.25, 0.3) is 17.4 Å². The summed E-state index contributed by atoms with van der Waals surface area (Å²) in [5.41, 5.74) is 6.12. The topological polar surface area (TPSA) is 106 Å². The third kappa shape index (κ3) is 4.68. The summed E-state index contributed by atoms with van der Waals surface area (Å²) >= 11 is 0. The Balaban J connectivity index is 1.47. The van der Waals surface area contributed by atoms with Crippen LogP contribution in [0, 0.1) is 0 Å². The van der Waals surface area contributed by atoms with Gasteiger partial charge < -0.3 is 4.74 Å². The molecule has 0 spiro atoms. The van der Waals surface area contributed by atoms with Crippen molar-refractivity contribution in [3.63, 3.8) is 0 Å². The average molecular weight is 435 g/mol. The van der Waals surface area contributed by atoms with Crippen molar-refractivity contribution < 1.29 is 14.3 Å². The number of benzene rings is 2. The van der Waals surface area contributed by atoms with Crippen molar-refractivity contribution >= 4 is 22.6 Å². The lowest BCUT2D eigenvalue weighted by atomic mass is 10.1. The minimum Gasteiger partial charge on any atom is -0.379 e. The van der Waals surface area contributed by atoms with E-state index in [9.17, 15) is 14.4 Å². The van der Waals surface area contributed by atoms with E-state index in [-0.39, 0.29) is 11.3 Å². The summed E-state index contributed by atoms with van der Waals surface area (Å²) in [4.78, 5) is 40.1. The molecule has 1 aliphatic heterocycles. The molecular formula is C23H25N5O4. The van der Waals surface area contributed by atoms with E-state index in [1.54, 1.807) is 37.3 Å². The molecule has 0 aliphatic carbocycles. The Morgan fingerprint density at radius 1 is 1.00 bits per heavy atom. The maximum absolute atomic E-state index is 12.8. The number of hydrazine groups is 1. The molecule has 32 heavy (non-hydrogen) atoms. The second-order valence-electron chi connectivity index (χ2n) is 7.51. The molecular weight excluding hydrogens is 410 g/mol. The van der Waals surface area contributed by atoms with Crippen LogP contribution in [0.4, 0.5) is 0 Å². The normalized spacial score (nSPS) is 14.3. The number of hydrogen-bond acceptors (Lipinski definition) is 6. The smallest absolute Gasteiger partial charge is 0.290 e. The van der Waals surface area contributed by atoms with Crippen LogP contribution >= 0.6 is 0 Å². The van der Waals surface area contributed by atoms with Crippen molar-refractivity contribution in [2.75, 3.05) is 26.3 Å². The summed E-state index contributed by atoms with van der Waals surface area (Å²) in [7, 11) is 0. The number of nitrogens with zero attached hydrogens (tertiary/aromatic N) is 3. The van der Waals surface area contributed by atoms with E-state index < -0.39 is 11.8 Å². The van der Waals surface area contributed by atoms with Gasteiger partial charge in [0.05, 0.1) is 18.6 Å². The number of aromatic nitrogens is 2. The van der Waals surface area contributed by atoms with Gasteiger partial charge in [-0.05, 0) is 30.7 Å². The number of carbonyl (C=O) groups is 2. The zero-order chi connectivity index (χ0) is 22.5. The lowest BCUT2D eigenvalue weighted by Crippen LogP contribution is -2.42. The van der Waals surface area contributed by atoms with Crippen molar-refractivity contribution in [1.82, 2.24) is 25.5 Å². The Morgan fingerprint density at radius 2 is 1.72 bits per heavy atom. The zero-order valence-electron chi connectivity index (χ0n) is 17.8. The Bertz CT molecular complexity index is 1200. The zero-order valence-corrected chi connectivity index (χ0v) is 17.8. The molecule has 0 atom stereocenters. The van der Waals surface area contributed by atoms with E-state index in [0.29, 0.717) is 36.1 Å². The van der Waals surface area contributed by atoms with Crippen LogP contribution < -0.4 is 16.4 Å². The van der Waals surface area contributed by atoms with Crippen LogP contribution in [-0.2, 0) is 17.8 Å². The Morgan fingerprint density at radius 3 is 2.47 bits per heavy atom. The molecule has 4 rings (SSSR count). The first-order chi connectivity index (χ1) is 15.6. The number of morpholine rings is 1. The number of amides is 2. The van der Waals surface area contributed by atoms with Gasteiger partial charge in [-0.1, -0.05) is 30.3 Å². The summed E-state index contributed by atoms with van der Waals surface area (Å²) in [6, 6.07) is 14.1. The maximum Gasteiger partial charge on any atom is 0.290 e. The van der Waals surface area contributed by atoms with Gasteiger partial charge in [0.15, 0.2) is 5.69 Å². The number of rotatable bonds is 5. The van der Waals surface area contributed by atoms with E-state index in [1.165, 1.54) is 4.68 Å². The molecule has 0 radical (unpaired) electrons. The Labute approximate surface area is 184 Å². The number of aryl methyl sites for hydroxylation is 1. The van der Waals surface area contributed by atoms with E-state index in [1.807, 2.05) is 18.2 Å². The first kappa shape index (κ1) is 21.7. The van der Waals surface area contributed by atoms with Gasteiger partial charge in [-0.15, -0.1) is 0 Å². The molecule has 9 heteroatoms. The predicted octanol–water partition coefficient (Wildman–Crippen LogP) is 1.32.